The summed E-state index contributed by atoms with van der Waals surface area (Å²) in [5.41, 5.74) is 3.42. The van der Waals surface area contributed by atoms with Crippen LogP contribution in [0, 0.1) is 5.92 Å². The summed E-state index contributed by atoms with van der Waals surface area (Å²) in [6.07, 6.45) is 2.48. The zero-order valence-corrected chi connectivity index (χ0v) is 17.3. The van der Waals surface area contributed by atoms with Crippen molar-refractivity contribution in [1.82, 2.24) is 4.90 Å². The molecular formula is C24H31N3O2. The lowest BCUT2D eigenvalue weighted by molar-refractivity contribution is -0.116. The number of benzene rings is 2. The van der Waals surface area contributed by atoms with E-state index in [1.165, 1.54) is 11.3 Å². The van der Waals surface area contributed by atoms with E-state index < -0.39 is 0 Å². The average molecular weight is 394 g/mol. The van der Waals surface area contributed by atoms with E-state index in [2.05, 4.69) is 58.4 Å². The molecule has 0 saturated carbocycles. The molecule has 2 aliphatic rings. The number of anilines is 2. The molecule has 0 aliphatic carbocycles. The summed E-state index contributed by atoms with van der Waals surface area (Å²) in [4.78, 5) is 16.7. The second-order valence-corrected chi connectivity index (χ2v) is 8.08. The van der Waals surface area contributed by atoms with Gasteiger partial charge in [0.25, 0.3) is 0 Å². The number of carbonyl (C=O) groups excluding carboxylic acids is 1. The largest absolute Gasteiger partial charge is 0.493 e. The normalized spacial score (nSPS) is 18.1. The Hall–Kier alpha value is -2.53. The molecular weight excluding hydrogens is 362 g/mol. The molecule has 29 heavy (non-hydrogen) atoms. The molecule has 1 N–H and O–H groups in total. The number of fused-ring (bicyclic) bond motifs is 1. The number of hydrogen-bond acceptors (Lipinski definition) is 4. The third-order valence-electron chi connectivity index (χ3n) is 6.05. The predicted octanol–water partition coefficient (Wildman–Crippen LogP) is 3.80. The van der Waals surface area contributed by atoms with Crippen molar-refractivity contribution in [1.29, 1.82) is 0 Å². The topological polar surface area (TPSA) is 44.8 Å². The van der Waals surface area contributed by atoms with Crippen molar-refractivity contribution in [2.45, 2.75) is 26.2 Å². The minimum Gasteiger partial charge on any atom is -0.493 e. The van der Waals surface area contributed by atoms with Crippen molar-refractivity contribution in [3.05, 3.63) is 54.1 Å². The van der Waals surface area contributed by atoms with Gasteiger partial charge in [0.2, 0.25) is 5.91 Å². The fourth-order valence-electron chi connectivity index (χ4n) is 4.15. The SMILES string of the molecule is CCC(COc1ccc2c(c1)NC(=O)CC2)CN1CCN(c2ccccc2)CC1. The molecule has 2 aromatic carbocycles. The zero-order chi connectivity index (χ0) is 20.1. The first-order valence-electron chi connectivity index (χ1n) is 10.8. The number of para-hydroxylation sites is 1. The fraction of sp³-hybridized carbons (Fsp3) is 0.458. The molecule has 1 fully saturated rings. The van der Waals surface area contributed by atoms with Gasteiger partial charge < -0.3 is 15.0 Å². The first kappa shape index (κ1) is 19.8. The molecule has 1 saturated heterocycles. The molecule has 0 bridgehead atoms. The van der Waals surface area contributed by atoms with Gasteiger partial charge in [0.1, 0.15) is 5.75 Å². The minimum atomic E-state index is 0.0933. The van der Waals surface area contributed by atoms with Crippen LogP contribution < -0.4 is 15.0 Å². The number of carbonyl (C=O) groups is 1. The Kier molecular flexibility index (Phi) is 6.35. The average Bonchev–Trinajstić information content (AvgIpc) is 2.77. The maximum absolute atomic E-state index is 11.6. The van der Waals surface area contributed by atoms with Crippen molar-refractivity contribution in [3.63, 3.8) is 0 Å². The predicted molar refractivity (Wildman–Crippen MR) is 118 cm³/mol. The summed E-state index contributed by atoms with van der Waals surface area (Å²) in [6, 6.07) is 16.8. The maximum Gasteiger partial charge on any atom is 0.224 e. The molecule has 0 spiro atoms. The van der Waals surface area contributed by atoms with E-state index in [-0.39, 0.29) is 5.91 Å². The van der Waals surface area contributed by atoms with Crippen LogP contribution in [0.2, 0.25) is 0 Å². The van der Waals surface area contributed by atoms with Crippen molar-refractivity contribution < 1.29 is 9.53 Å². The lowest BCUT2D eigenvalue weighted by Crippen LogP contribution is -2.48. The smallest absolute Gasteiger partial charge is 0.224 e. The molecule has 1 amide bonds. The molecule has 5 nitrogen and oxygen atoms in total. The molecule has 2 aromatic rings. The van der Waals surface area contributed by atoms with Gasteiger partial charge in [-0.25, -0.2) is 0 Å². The van der Waals surface area contributed by atoms with E-state index >= 15 is 0 Å². The number of amides is 1. The summed E-state index contributed by atoms with van der Waals surface area (Å²) < 4.78 is 6.10. The lowest BCUT2D eigenvalue weighted by atomic mass is 10.0. The highest BCUT2D eigenvalue weighted by Gasteiger charge is 2.20. The van der Waals surface area contributed by atoms with Crippen molar-refractivity contribution in [2.75, 3.05) is 49.5 Å². The Labute approximate surface area is 173 Å². The highest BCUT2D eigenvalue weighted by atomic mass is 16.5. The molecule has 5 heteroatoms. The van der Waals surface area contributed by atoms with Crippen molar-refractivity contribution >= 4 is 17.3 Å². The number of piperazine rings is 1. The molecule has 1 atom stereocenters. The van der Waals surface area contributed by atoms with E-state index in [9.17, 15) is 4.79 Å². The summed E-state index contributed by atoms with van der Waals surface area (Å²) in [5, 5.41) is 2.95. The summed E-state index contributed by atoms with van der Waals surface area (Å²) >= 11 is 0. The van der Waals surface area contributed by atoms with Crippen LogP contribution in [0.1, 0.15) is 25.3 Å². The quantitative estimate of drug-likeness (QED) is 0.777. The molecule has 1 unspecified atom stereocenters. The van der Waals surface area contributed by atoms with Gasteiger partial charge in [0, 0.05) is 62.5 Å². The Morgan fingerprint density at radius 2 is 1.83 bits per heavy atom. The fourth-order valence-corrected chi connectivity index (χ4v) is 4.15. The Balaban J connectivity index is 1.26. The summed E-state index contributed by atoms with van der Waals surface area (Å²) in [7, 11) is 0. The molecule has 4 rings (SSSR count). The number of nitrogens with zero attached hydrogens (tertiary/aromatic N) is 2. The maximum atomic E-state index is 11.6. The first-order valence-corrected chi connectivity index (χ1v) is 10.8. The number of aryl methyl sites for hydroxylation is 1. The van der Waals surface area contributed by atoms with E-state index in [4.69, 9.17) is 4.74 Å². The van der Waals surface area contributed by atoms with Crippen LogP contribution in [0.3, 0.4) is 0 Å². The van der Waals surface area contributed by atoms with Crippen LogP contribution in [-0.4, -0.2) is 50.1 Å². The van der Waals surface area contributed by atoms with Crippen LogP contribution in [0.15, 0.2) is 48.5 Å². The van der Waals surface area contributed by atoms with Gasteiger partial charge in [-0.15, -0.1) is 0 Å². The number of rotatable bonds is 7. The highest BCUT2D eigenvalue weighted by molar-refractivity contribution is 5.94. The standard InChI is InChI=1S/C24H31N3O2/c1-2-19(17-26-12-14-27(15-13-26)21-6-4-3-5-7-21)18-29-22-10-8-20-9-11-24(28)25-23(20)16-22/h3-8,10,16,19H,2,9,11-15,17-18H2,1H3,(H,25,28). The van der Waals surface area contributed by atoms with Gasteiger partial charge in [0.15, 0.2) is 0 Å². The molecule has 0 aromatic heterocycles. The first-order chi connectivity index (χ1) is 14.2. The lowest BCUT2D eigenvalue weighted by Gasteiger charge is -2.37. The Morgan fingerprint density at radius 3 is 2.59 bits per heavy atom. The van der Waals surface area contributed by atoms with Crippen LogP contribution >= 0.6 is 0 Å². The van der Waals surface area contributed by atoms with Gasteiger partial charge in [-0.05, 0) is 36.6 Å². The van der Waals surface area contributed by atoms with Gasteiger partial charge >= 0.3 is 0 Å². The van der Waals surface area contributed by atoms with Crippen molar-refractivity contribution in [3.8, 4) is 5.75 Å². The van der Waals surface area contributed by atoms with Gasteiger partial charge in [-0.3, -0.25) is 9.69 Å². The third-order valence-corrected chi connectivity index (χ3v) is 6.05. The Morgan fingerprint density at radius 1 is 1.03 bits per heavy atom. The van der Waals surface area contributed by atoms with Gasteiger partial charge in [0.05, 0.1) is 6.61 Å². The van der Waals surface area contributed by atoms with E-state index in [1.54, 1.807) is 0 Å². The van der Waals surface area contributed by atoms with E-state index in [0.717, 1.165) is 57.0 Å². The minimum absolute atomic E-state index is 0.0933. The second-order valence-electron chi connectivity index (χ2n) is 8.08. The molecule has 2 aliphatic heterocycles. The zero-order valence-electron chi connectivity index (χ0n) is 17.3. The number of hydrogen-bond donors (Lipinski definition) is 1. The van der Waals surface area contributed by atoms with E-state index in [0.29, 0.717) is 18.9 Å². The van der Waals surface area contributed by atoms with Crippen LogP contribution in [0.4, 0.5) is 11.4 Å². The van der Waals surface area contributed by atoms with Gasteiger partial charge in [-0.2, -0.15) is 0 Å². The highest BCUT2D eigenvalue weighted by Crippen LogP contribution is 2.27. The van der Waals surface area contributed by atoms with E-state index in [1.807, 2.05) is 12.1 Å². The summed E-state index contributed by atoms with van der Waals surface area (Å²) in [6.45, 7) is 8.36. The molecule has 2 heterocycles. The van der Waals surface area contributed by atoms with Crippen molar-refractivity contribution in [2.24, 2.45) is 5.92 Å². The summed E-state index contributed by atoms with van der Waals surface area (Å²) in [5.74, 6) is 1.44. The van der Waals surface area contributed by atoms with Gasteiger partial charge in [-0.1, -0.05) is 31.2 Å². The number of nitrogens with one attached hydrogen (secondary N) is 1. The molecule has 154 valence electrons. The third kappa shape index (κ3) is 5.10. The monoisotopic (exact) mass is 393 g/mol. The number of ether oxygens (including phenoxy) is 1. The van der Waals surface area contributed by atoms with Crippen LogP contribution in [0.5, 0.6) is 5.75 Å². The Bertz CT molecular complexity index is 816. The van der Waals surface area contributed by atoms with Crippen LogP contribution in [-0.2, 0) is 11.2 Å². The van der Waals surface area contributed by atoms with Crippen LogP contribution in [0.25, 0.3) is 0 Å². The second kappa shape index (κ2) is 9.31. The molecule has 0 radical (unpaired) electrons.